The summed E-state index contributed by atoms with van der Waals surface area (Å²) < 4.78 is 42.0. The van der Waals surface area contributed by atoms with Crippen molar-refractivity contribution in [2.24, 2.45) is 5.92 Å². The van der Waals surface area contributed by atoms with Gasteiger partial charge in [-0.15, -0.1) is 0 Å². The van der Waals surface area contributed by atoms with Gasteiger partial charge in [0.15, 0.2) is 0 Å². The molecule has 0 saturated heterocycles. The Hall–Kier alpha value is -5.12. The van der Waals surface area contributed by atoms with Crippen LogP contribution in [0.3, 0.4) is 0 Å². The molecule has 2 N–H and O–H groups in total. The summed E-state index contributed by atoms with van der Waals surface area (Å²) in [5.41, 5.74) is 4.15. The number of carbonyl (C=O) groups is 2. The monoisotopic (exact) mass is 730 g/mol. The SMILES string of the molecule is CCN(c1ccc(C(=O)O)c(F)c1)c1ccc(C(C)C)c(OCC(C)CCC(C)c2ccc(N(CC)c3ccc(C(=O)O)c(F)c3)cc2OC(C)C)c1. The van der Waals surface area contributed by atoms with E-state index in [1.807, 2.05) is 67.8 Å². The van der Waals surface area contributed by atoms with Gasteiger partial charge < -0.3 is 29.5 Å². The lowest BCUT2D eigenvalue weighted by atomic mass is 9.91. The summed E-state index contributed by atoms with van der Waals surface area (Å²) in [6, 6.07) is 20.3. The Morgan fingerprint density at radius 2 is 1.09 bits per heavy atom. The van der Waals surface area contributed by atoms with E-state index >= 15 is 0 Å². The maximum Gasteiger partial charge on any atom is 0.338 e. The molecule has 0 bridgehead atoms. The second-order valence-corrected chi connectivity index (χ2v) is 14.1. The first-order chi connectivity index (χ1) is 25.1. The number of carboxylic acids is 2. The molecule has 4 rings (SSSR count). The highest BCUT2D eigenvalue weighted by Gasteiger charge is 2.21. The topological polar surface area (TPSA) is 99.5 Å². The van der Waals surface area contributed by atoms with Gasteiger partial charge in [-0.2, -0.15) is 0 Å². The summed E-state index contributed by atoms with van der Waals surface area (Å²) >= 11 is 0. The van der Waals surface area contributed by atoms with Crippen LogP contribution in [0.2, 0.25) is 0 Å². The van der Waals surface area contributed by atoms with Crippen molar-refractivity contribution in [1.82, 2.24) is 0 Å². The summed E-state index contributed by atoms with van der Waals surface area (Å²) in [4.78, 5) is 26.5. The van der Waals surface area contributed by atoms with Crippen LogP contribution in [0, 0.1) is 17.6 Å². The second kappa shape index (κ2) is 18.1. The van der Waals surface area contributed by atoms with Gasteiger partial charge in [0.05, 0.1) is 23.8 Å². The molecule has 284 valence electrons. The number of anilines is 4. The lowest BCUT2D eigenvalue weighted by molar-refractivity contribution is 0.0680. The molecular weight excluding hydrogens is 678 g/mol. The van der Waals surface area contributed by atoms with Crippen molar-refractivity contribution in [2.75, 3.05) is 29.5 Å². The summed E-state index contributed by atoms with van der Waals surface area (Å²) in [7, 11) is 0. The van der Waals surface area contributed by atoms with Gasteiger partial charge in [-0.3, -0.25) is 0 Å². The fraction of sp³-hybridized carbons (Fsp3) is 0.395. The van der Waals surface area contributed by atoms with Crippen LogP contribution in [0.25, 0.3) is 0 Å². The molecule has 0 aliphatic heterocycles. The van der Waals surface area contributed by atoms with Crippen molar-refractivity contribution in [3.63, 3.8) is 0 Å². The summed E-state index contributed by atoms with van der Waals surface area (Å²) in [6.07, 6.45) is 1.72. The molecule has 0 heterocycles. The number of hydrogen-bond donors (Lipinski definition) is 2. The molecule has 2 atom stereocenters. The predicted octanol–water partition coefficient (Wildman–Crippen LogP) is 11.2. The van der Waals surface area contributed by atoms with Gasteiger partial charge in [-0.1, -0.05) is 39.8 Å². The molecule has 4 aromatic carbocycles. The van der Waals surface area contributed by atoms with Crippen LogP contribution in [0.15, 0.2) is 72.8 Å². The number of rotatable bonds is 18. The summed E-state index contributed by atoms with van der Waals surface area (Å²) in [5.74, 6) is -2.04. The van der Waals surface area contributed by atoms with E-state index < -0.39 is 23.6 Å². The number of halogens is 2. The normalized spacial score (nSPS) is 12.5. The van der Waals surface area contributed by atoms with Crippen LogP contribution in [0.4, 0.5) is 31.5 Å². The van der Waals surface area contributed by atoms with Crippen molar-refractivity contribution in [1.29, 1.82) is 0 Å². The first kappa shape index (κ1) is 40.6. The van der Waals surface area contributed by atoms with E-state index in [4.69, 9.17) is 9.47 Å². The highest BCUT2D eigenvalue weighted by molar-refractivity contribution is 5.89. The van der Waals surface area contributed by atoms with Gasteiger partial charge in [0.2, 0.25) is 0 Å². The standard InChI is InChI=1S/C43H52F2N2O6/c1-9-46(30-15-19-36(42(48)49)38(44)21-30)32-13-17-34(26(3)4)40(23-32)52-25-28(7)11-12-29(8)35-18-14-33(24-41(35)53-27(5)6)47(10-2)31-16-20-37(43(50)51)39(45)22-31/h13-24,26-29H,9-12,25H2,1-8H3,(H,48,49)(H,50,51). The Morgan fingerprint density at radius 1 is 0.642 bits per heavy atom. The molecule has 0 fully saturated rings. The van der Waals surface area contributed by atoms with E-state index in [0.717, 1.165) is 46.8 Å². The minimum Gasteiger partial charge on any atom is -0.493 e. The lowest BCUT2D eigenvalue weighted by Gasteiger charge is -2.27. The average molecular weight is 731 g/mol. The van der Waals surface area contributed by atoms with E-state index in [-0.39, 0.29) is 35.0 Å². The van der Waals surface area contributed by atoms with E-state index in [1.165, 1.54) is 24.3 Å². The summed E-state index contributed by atoms with van der Waals surface area (Å²) in [6.45, 7) is 18.0. The largest absolute Gasteiger partial charge is 0.493 e. The number of hydrogen-bond acceptors (Lipinski definition) is 6. The fourth-order valence-electron chi connectivity index (χ4n) is 6.47. The van der Waals surface area contributed by atoms with Crippen molar-refractivity contribution in [2.45, 2.75) is 86.2 Å². The van der Waals surface area contributed by atoms with Gasteiger partial charge in [0, 0.05) is 48.0 Å². The molecule has 0 radical (unpaired) electrons. The number of benzene rings is 4. The third-order valence-corrected chi connectivity index (χ3v) is 9.37. The van der Waals surface area contributed by atoms with Crippen LogP contribution >= 0.6 is 0 Å². The van der Waals surface area contributed by atoms with Gasteiger partial charge >= 0.3 is 11.9 Å². The molecule has 4 aromatic rings. The molecule has 2 unspecified atom stereocenters. The average Bonchev–Trinajstić information content (AvgIpc) is 3.10. The first-order valence-corrected chi connectivity index (χ1v) is 18.3. The first-order valence-electron chi connectivity index (χ1n) is 18.3. The van der Waals surface area contributed by atoms with Crippen molar-refractivity contribution in [3.05, 3.63) is 107 Å². The molecule has 53 heavy (non-hydrogen) atoms. The molecule has 10 heteroatoms. The number of carboxylic acid groups (broad SMARTS) is 2. The highest BCUT2D eigenvalue weighted by Crippen LogP contribution is 2.38. The highest BCUT2D eigenvalue weighted by atomic mass is 19.1. The van der Waals surface area contributed by atoms with Crippen LogP contribution in [0.5, 0.6) is 11.5 Å². The Kier molecular flexibility index (Phi) is 13.9. The van der Waals surface area contributed by atoms with Crippen molar-refractivity contribution < 1.29 is 38.1 Å². The second-order valence-electron chi connectivity index (χ2n) is 14.1. The predicted molar refractivity (Wildman–Crippen MR) is 207 cm³/mol. The van der Waals surface area contributed by atoms with E-state index in [1.54, 1.807) is 12.1 Å². The summed E-state index contributed by atoms with van der Waals surface area (Å²) in [5, 5.41) is 18.5. The molecule has 0 aliphatic carbocycles. The zero-order chi connectivity index (χ0) is 39.0. The van der Waals surface area contributed by atoms with Gasteiger partial charge in [-0.05, 0) is 118 Å². The van der Waals surface area contributed by atoms with Gasteiger partial charge in [0.1, 0.15) is 23.1 Å². The molecular formula is C43H52F2N2O6. The zero-order valence-electron chi connectivity index (χ0n) is 32.0. The molecule has 0 saturated carbocycles. The van der Waals surface area contributed by atoms with Gasteiger partial charge in [-0.25, -0.2) is 18.4 Å². The third kappa shape index (κ3) is 10.1. The Labute approximate surface area is 312 Å². The number of ether oxygens (including phenoxy) is 2. The van der Waals surface area contributed by atoms with Crippen molar-refractivity contribution >= 4 is 34.7 Å². The molecule has 0 spiro atoms. The maximum absolute atomic E-state index is 14.6. The third-order valence-electron chi connectivity index (χ3n) is 9.37. The molecule has 8 nitrogen and oxygen atoms in total. The van der Waals surface area contributed by atoms with Crippen LogP contribution in [-0.4, -0.2) is 48.0 Å². The molecule has 0 aliphatic rings. The number of nitrogens with zero attached hydrogens (tertiary/aromatic N) is 2. The van der Waals surface area contributed by atoms with Crippen LogP contribution < -0.4 is 19.3 Å². The quantitative estimate of drug-likeness (QED) is 0.104. The Bertz CT molecular complexity index is 1900. The van der Waals surface area contributed by atoms with Crippen LogP contribution in [-0.2, 0) is 0 Å². The smallest absolute Gasteiger partial charge is 0.338 e. The minimum atomic E-state index is -1.31. The maximum atomic E-state index is 14.6. The van der Waals surface area contributed by atoms with Crippen molar-refractivity contribution in [3.8, 4) is 11.5 Å². The van der Waals surface area contributed by atoms with Crippen LogP contribution in [0.1, 0.15) is 112 Å². The lowest BCUT2D eigenvalue weighted by Crippen LogP contribution is -2.18. The van der Waals surface area contributed by atoms with Gasteiger partial charge in [0.25, 0.3) is 0 Å². The fourth-order valence-corrected chi connectivity index (χ4v) is 6.47. The zero-order valence-corrected chi connectivity index (χ0v) is 32.0. The molecule has 0 aromatic heterocycles. The van der Waals surface area contributed by atoms with E-state index in [2.05, 4.69) is 33.8 Å². The van der Waals surface area contributed by atoms with E-state index in [9.17, 15) is 28.6 Å². The Morgan fingerprint density at radius 3 is 1.53 bits per heavy atom. The number of aromatic carboxylic acids is 2. The minimum absolute atomic E-state index is 0.0661. The Balaban J connectivity index is 1.48. The molecule has 0 amide bonds. The van der Waals surface area contributed by atoms with E-state index in [0.29, 0.717) is 31.1 Å².